The maximum Gasteiger partial charge on any atom is 0.223 e. The first-order valence-corrected chi connectivity index (χ1v) is 9.34. The van der Waals surface area contributed by atoms with Crippen LogP contribution in [0.2, 0.25) is 10.0 Å². The number of carbonyl (C=O) groups excluding carboxylic acids is 1. The Bertz CT molecular complexity index is 619. The molecule has 2 N–H and O–H groups in total. The van der Waals surface area contributed by atoms with Crippen LogP contribution in [0.3, 0.4) is 0 Å². The van der Waals surface area contributed by atoms with E-state index in [-0.39, 0.29) is 33.4 Å². The second kappa shape index (κ2) is 7.59. The van der Waals surface area contributed by atoms with Crippen molar-refractivity contribution >= 4 is 29.1 Å². The summed E-state index contributed by atoms with van der Waals surface area (Å²) in [6, 6.07) is 2.15. The number of hydrogen-bond acceptors (Lipinski definition) is 2. The van der Waals surface area contributed by atoms with E-state index >= 15 is 0 Å². The number of rotatable bonds is 4. The summed E-state index contributed by atoms with van der Waals surface area (Å²) in [6.45, 7) is 0. The van der Waals surface area contributed by atoms with Crippen molar-refractivity contribution < 1.29 is 14.3 Å². The van der Waals surface area contributed by atoms with Gasteiger partial charge in [-0.3, -0.25) is 4.79 Å². The molecule has 3 rings (SSSR count). The van der Waals surface area contributed by atoms with E-state index in [9.17, 15) is 14.3 Å². The Morgan fingerprint density at radius 1 is 1.21 bits per heavy atom. The fraction of sp³-hybridized carbons (Fsp3) is 0.611. The number of benzene rings is 1. The van der Waals surface area contributed by atoms with E-state index in [1.165, 1.54) is 12.1 Å². The maximum absolute atomic E-state index is 14.5. The van der Waals surface area contributed by atoms with Gasteiger partial charge >= 0.3 is 0 Å². The van der Waals surface area contributed by atoms with E-state index in [1.807, 2.05) is 0 Å². The third-order valence-corrected chi connectivity index (χ3v) is 6.15. The number of amides is 1. The molecule has 0 radical (unpaired) electrons. The van der Waals surface area contributed by atoms with Gasteiger partial charge in [0.2, 0.25) is 5.91 Å². The Labute approximate surface area is 151 Å². The minimum Gasteiger partial charge on any atom is -0.393 e. The third-order valence-electron chi connectivity index (χ3n) is 5.33. The highest BCUT2D eigenvalue weighted by Gasteiger charge is 2.36. The number of halogens is 3. The minimum absolute atomic E-state index is 0.0140. The Hall–Kier alpha value is -0.840. The van der Waals surface area contributed by atoms with Gasteiger partial charge in [0.25, 0.3) is 0 Å². The molecular formula is C18H22Cl2FNO2. The highest BCUT2D eigenvalue weighted by Crippen LogP contribution is 2.42. The summed E-state index contributed by atoms with van der Waals surface area (Å²) in [5.74, 6) is -0.576. The molecule has 0 spiro atoms. The van der Waals surface area contributed by atoms with Crippen molar-refractivity contribution in [2.75, 3.05) is 0 Å². The highest BCUT2D eigenvalue weighted by atomic mass is 35.5. The van der Waals surface area contributed by atoms with Crippen LogP contribution in [0.1, 0.15) is 56.6 Å². The maximum atomic E-state index is 14.5. The Kier molecular flexibility index (Phi) is 5.68. The topological polar surface area (TPSA) is 49.3 Å². The first-order valence-electron chi connectivity index (χ1n) is 8.59. The molecule has 0 unspecified atom stereocenters. The van der Waals surface area contributed by atoms with Crippen LogP contribution >= 0.6 is 23.2 Å². The normalized spacial score (nSPS) is 25.8. The van der Waals surface area contributed by atoms with Crippen LogP contribution in [0.25, 0.3) is 0 Å². The van der Waals surface area contributed by atoms with E-state index in [2.05, 4.69) is 5.32 Å². The summed E-state index contributed by atoms with van der Waals surface area (Å²) < 4.78 is 14.5. The van der Waals surface area contributed by atoms with Gasteiger partial charge in [-0.2, -0.15) is 0 Å². The van der Waals surface area contributed by atoms with Gasteiger partial charge in [-0.25, -0.2) is 4.39 Å². The summed E-state index contributed by atoms with van der Waals surface area (Å²) in [7, 11) is 0. The van der Waals surface area contributed by atoms with Gasteiger partial charge in [0.05, 0.1) is 22.2 Å². The number of nitrogens with one attached hydrogen (secondary N) is 1. The number of carbonyl (C=O) groups is 1. The molecule has 2 saturated carbocycles. The van der Waals surface area contributed by atoms with Gasteiger partial charge < -0.3 is 10.4 Å². The van der Waals surface area contributed by atoms with Gasteiger partial charge in [-0.1, -0.05) is 36.0 Å². The van der Waals surface area contributed by atoms with Crippen molar-refractivity contribution in [1.29, 1.82) is 0 Å². The second-order valence-electron chi connectivity index (χ2n) is 6.95. The molecule has 1 aromatic carbocycles. The Balaban J connectivity index is 1.90. The van der Waals surface area contributed by atoms with Crippen LogP contribution in [0.15, 0.2) is 12.1 Å². The molecule has 2 aliphatic carbocycles. The Morgan fingerprint density at radius 3 is 2.54 bits per heavy atom. The van der Waals surface area contributed by atoms with Gasteiger partial charge in [0.15, 0.2) is 0 Å². The van der Waals surface area contributed by atoms with Crippen molar-refractivity contribution in [2.45, 2.75) is 57.1 Å². The largest absolute Gasteiger partial charge is 0.393 e. The molecular weight excluding hydrogens is 352 g/mol. The highest BCUT2D eigenvalue weighted by molar-refractivity contribution is 6.42. The van der Waals surface area contributed by atoms with Crippen molar-refractivity contribution in [3.63, 3.8) is 0 Å². The summed E-state index contributed by atoms with van der Waals surface area (Å²) in [6.07, 6.45) is 5.34. The number of aliphatic hydroxyl groups is 1. The molecule has 0 aliphatic heterocycles. The molecule has 24 heavy (non-hydrogen) atoms. The zero-order chi connectivity index (χ0) is 17.3. The van der Waals surface area contributed by atoms with Gasteiger partial charge in [0, 0.05) is 11.5 Å². The van der Waals surface area contributed by atoms with E-state index < -0.39 is 18.0 Å². The average Bonchev–Trinajstić information content (AvgIpc) is 3.21. The fourth-order valence-corrected chi connectivity index (χ4v) is 4.44. The van der Waals surface area contributed by atoms with Crippen LogP contribution in [0, 0.1) is 17.7 Å². The predicted octanol–water partition coefficient (Wildman–Crippen LogP) is 4.64. The van der Waals surface area contributed by atoms with Crippen LogP contribution in [-0.4, -0.2) is 17.1 Å². The molecule has 2 fully saturated rings. The average molecular weight is 374 g/mol. The van der Waals surface area contributed by atoms with Crippen molar-refractivity contribution in [3.05, 3.63) is 33.6 Å². The van der Waals surface area contributed by atoms with E-state index in [0.717, 1.165) is 32.1 Å². The number of aliphatic hydroxyl groups excluding tert-OH is 1. The molecule has 0 aromatic heterocycles. The molecule has 1 amide bonds. The first-order chi connectivity index (χ1) is 11.5. The van der Waals surface area contributed by atoms with Gasteiger partial charge in [-0.15, -0.1) is 0 Å². The zero-order valence-electron chi connectivity index (χ0n) is 13.4. The van der Waals surface area contributed by atoms with Crippen molar-refractivity contribution in [3.8, 4) is 0 Å². The molecule has 0 saturated heterocycles. The molecule has 0 heterocycles. The summed E-state index contributed by atoms with van der Waals surface area (Å²) in [5, 5.41) is 13.3. The fourth-order valence-electron chi connectivity index (χ4n) is 4.01. The lowest BCUT2D eigenvalue weighted by atomic mass is 9.90. The molecule has 3 nitrogen and oxygen atoms in total. The van der Waals surface area contributed by atoms with Crippen molar-refractivity contribution in [2.24, 2.45) is 11.8 Å². The van der Waals surface area contributed by atoms with Crippen molar-refractivity contribution in [1.82, 2.24) is 5.32 Å². The summed E-state index contributed by atoms with van der Waals surface area (Å²) in [5.41, 5.74) is 0.245. The van der Waals surface area contributed by atoms with Crippen LogP contribution < -0.4 is 5.32 Å². The van der Waals surface area contributed by atoms with Crippen LogP contribution in [-0.2, 0) is 4.79 Å². The number of hydrogen-bond donors (Lipinski definition) is 2. The van der Waals surface area contributed by atoms with E-state index in [0.29, 0.717) is 12.8 Å². The van der Waals surface area contributed by atoms with Gasteiger partial charge in [-0.05, 0) is 50.2 Å². The lowest BCUT2D eigenvalue weighted by Crippen LogP contribution is -2.37. The monoisotopic (exact) mass is 373 g/mol. The van der Waals surface area contributed by atoms with E-state index in [4.69, 9.17) is 23.2 Å². The second-order valence-corrected chi connectivity index (χ2v) is 7.74. The lowest BCUT2D eigenvalue weighted by Gasteiger charge is -2.28. The lowest BCUT2D eigenvalue weighted by molar-refractivity contribution is -0.126. The molecule has 6 heteroatoms. The molecule has 2 aliphatic rings. The molecule has 3 atom stereocenters. The predicted molar refractivity (Wildman–Crippen MR) is 92.6 cm³/mol. The van der Waals surface area contributed by atoms with Crippen LogP contribution in [0.4, 0.5) is 4.39 Å². The third kappa shape index (κ3) is 3.71. The molecule has 132 valence electrons. The van der Waals surface area contributed by atoms with Crippen LogP contribution in [0.5, 0.6) is 0 Å². The molecule has 1 aromatic rings. The summed E-state index contributed by atoms with van der Waals surface area (Å²) >= 11 is 12.3. The Morgan fingerprint density at radius 2 is 1.92 bits per heavy atom. The zero-order valence-corrected chi connectivity index (χ0v) is 14.9. The first kappa shape index (κ1) is 18.0. The SMILES string of the molecule is O=C(N[C@H](c1c(F)ccc(Cl)c1Cl)[C@@H]1CC[C@@H](O)C1)C1CCCC1. The quantitative estimate of drug-likeness (QED) is 0.755. The van der Waals surface area contributed by atoms with Gasteiger partial charge in [0.1, 0.15) is 5.82 Å². The standard InChI is InChI=1S/C18H22Cl2FNO2/c19-13-7-8-14(21)15(16(13)20)17(11-5-6-12(23)9-11)22-18(24)10-3-1-2-4-10/h7-8,10-12,17,23H,1-6,9H2,(H,22,24)/t11-,12-,17+/m1/s1. The summed E-state index contributed by atoms with van der Waals surface area (Å²) in [4.78, 5) is 12.6. The molecule has 0 bridgehead atoms. The smallest absolute Gasteiger partial charge is 0.223 e. The minimum atomic E-state index is -0.554. The van der Waals surface area contributed by atoms with E-state index in [1.54, 1.807) is 0 Å².